The fourth-order valence-electron chi connectivity index (χ4n) is 10.0. The average molecular weight is 777 g/mol. The lowest BCUT2D eigenvalue weighted by Crippen LogP contribution is -2.14. The van der Waals surface area contributed by atoms with E-state index >= 15 is 0 Å². The molecule has 10 aromatic carbocycles. The van der Waals surface area contributed by atoms with Crippen LogP contribution in [0.5, 0.6) is 0 Å². The molecule has 0 saturated carbocycles. The molecule has 0 N–H and O–H groups in total. The van der Waals surface area contributed by atoms with E-state index in [0.717, 1.165) is 33.5 Å². The van der Waals surface area contributed by atoms with Crippen LogP contribution in [-0.4, -0.2) is 9.97 Å². The normalized spacial score (nSPS) is 12.9. The van der Waals surface area contributed by atoms with E-state index < -0.39 is 0 Å². The van der Waals surface area contributed by atoms with E-state index in [1.807, 2.05) is 6.07 Å². The first-order valence-corrected chi connectivity index (χ1v) is 21.1. The standard InChI is InChI=1S/C59H40N2/c1-59(2)53-23-13-12-22-47(53)52-34-41(29-33-54(52)59)37-24-26-39(27-25-37)55-36-56(61-58(60-55)40-15-4-3-5-16-40)48-31-32-49(46-21-11-10-20-45(46)48)57-44-19-9-7-17-42(44)35-51-43-18-8-6-14-38(43)28-30-50(51)57/h3-36H,1-2H3. The Labute approximate surface area is 355 Å². The molecule has 0 aliphatic heterocycles. The number of rotatable bonds is 5. The zero-order valence-corrected chi connectivity index (χ0v) is 34.0. The number of benzene rings is 10. The molecule has 0 amide bonds. The highest BCUT2D eigenvalue weighted by Gasteiger charge is 2.35. The van der Waals surface area contributed by atoms with Crippen molar-refractivity contribution in [3.05, 3.63) is 217 Å². The molecule has 11 aromatic rings. The first kappa shape index (κ1) is 35.3. The van der Waals surface area contributed by atoms with Crippen LogP contribution in [0.2, 0.25) is 0 Å². The van der Waals surface area contributed by atoms with E-state index in [2.05, 4.69) is 214 Å². The number of hydrogen-bond donors (Lipinski definition) is 0. The summed E-state index contributed by atoms with van der Waals surface area (Å²) >= 11 is 0. The lowest BCUT2D eigenvalue weighted by Gasteiger charge is -2.21. The van der Waals surface area contributed by atoms with Crippen LogP contribution in [0.15, 0.2) is 206 Å². The minimum atomic E-state index is -0.0131. The highest BCUT2D eigenvalue weighted by Crippen LogP contribution is 2.50. The number of fused-ring (bicyclic) bond motifs is 8. The van der Waals surface area contributed by atoms with Gasteiger partial charge in [0, 0.05) is 22.1 Å². The molecule has 1 aromatic heterocycles. The van der Waals surface area contributed by atoms with Gasteiger partial charge in [-0.25, -0.2) is 9.97 Å². The Morgan fingerprint density at radius 1 is 0.311 bits per heavy atom. The highest BCUT2D eigenvalue weighted by molar-refractivity contribution is 6.23. The molecule has 2 heteroatoms. The first-order valence-electron chi connectivity index (χ1n) is 21.1. The molecule has 0 radical (unpaired) electrons. The van der Waals surface area contributed by atoms with Crippen molar-refractivity contribution in [2.45, 2.75) is 19.3 Å². The fraction of sp³-hybridized carbons (Fsp3) is 0.0508. The van der Waals surface area contributed by atoms with Gasteiger partial charge >= 0.3 is 0 Å². The Kier molecular flexibility index (Phi) is 7.92. The van der Waals surface area contributed by atoms with Gasteiger partial charge in [-0.15, -0.1) is 0 Å². The van der Waals surface area contributed by atoms with E-state index in [9.17, 15) is 0 Å². The van der Waals surface area contributed by atoms with Crippen molar-refractivity contribution in [3.8, 4) is 67.3 Å². The maximum Gasteiger partial charge on any atom is 0.160 e. The third kappa shape index (κ3) is 5.64. The predicted molar refractivity (Wildman–Crippen MR) is 257 cm³/mol. The molecule has 2 nitrogen and oxygen atoms in total. The van der Waals surface area contributed by atoms with Crippen LogP contribution < -0.4 is 0 Å². The maximum atomic E-state index is 5.30. The molecule has 1 aliphatic carbocycles. The largest absolute Gasteiger partial charge is 0.228 e. The van der Waals surface area contributed by atoms with Crippen molar-refractivity contribution in [1.29, 1.82) is 0 Å². The summed E-state index contributed by atoms with van der Waals surface area (Å²) in [5.74, 6) is 0.706. The Hall–Kier alpha value is -7.68. The molecular weight excluding hydrogens is 737 g/mol. The summed E-state index contributed by atoms with van der Waals surface area (Å²) < 4.78 is 0. The van der Waals surface area contributed by atoms with Gasteiger partial charge in [0.25, 0.3) is 0 Å². The summed E-state index contributed by atoms with van der Waals surface area (Å²) in [5, 5.41) is 9.87. The zero-order valence-electron chi connectivity index (χ0n) is 34.0. The molecule has 61 heavy (non-hydrogen) atoms. The van der Waals surface area contributed by atoms with Crippen molar-refractivity contribution in [2.75, 3.05) is 0 Å². The molecule has 0 atom stereocenters. The molecule has 12 rings (SSSR count). The molecule has 0 saturated heterocycles. The van der Waals surface area contributed by atoms with Gasteiger partial charge in [-0.3, -0.25) is 0 Å². The van der Waals surface area contributed by atoms with E-state index in [-0.39, 0.29) is 5.41 Å². The van der Waals surface area contributed by atoms with Crippen molar-refractivity contribution >= 4 is 43.1 Å². The lowest BCUT2D eigenvalue weighted by atomic mass is 9.82. The predicted octanol–water partition coefficient (Wildman–Crippen LogP) is 15.7. The van der Waals surface area contributed by atoms with E-state index in [1.165, 1.54) is 82.2 Å². The first-order chi connectivity index (χ1) is 30.0. The second kappa shape index (κ2) is 13.7. The second-order valence-electron chi connectivity index (χ2n) is 16.9. The van der Waals surface area contributed by atoms with Gasteiger partial charge in [-0.2, -0.15) is 0 Å². The monoisotopic (exact) mass is 776 g/mol. The van der Waals surface area contributed by atoms with E-state index in [4.69, 9.17) is 9.97 Å². The minimum absolute atomic E-state index is 0.0131. The Morgan fingerprint density at radius 3 is 1.74 bits per heavy atom. The summed E-state index contributed by atoms with van der Waals surface area (Å²) in [5.41, 5.74) is 15.2. The van der Waals surface area contributed by atoms with Crippen molar-refractivity contribution in [2.24, 2.45) is 0 Å². The van der Waals surface area contributed by atoms with Gasteiger partial charge in [-0.05, 0) is 106 Å². The summed E-state index contributed by atoms with van der Waals surface area (Å²) in [4.78, 5) is 10.5. The molecule has 1 heterocycles. The van der Waals surface area contributed by atoms with Gasteiger partial charge in [0.05, 0.1) is 11.4 Å². The van der Waals surface area contributed by atoms with Crippen LogP contribution >= 0.6 is 0 Å². The van der Waals surface area contributed by atoms with Crippen LogP contribution in [0.1, 0.15) is 25.0 Å². The number of nitrogens with zero attached hydrogens (tertiary/aromatic N) is 2. The molecule has 0 unspecified atom stereocenters. The van der Waals surface area contributed by atoms with Gasteiger partial charge in [0.15, 0.2) is 5.82 Å². The van der Waals surface area contributed by atoms with Gasteiger partial charge < -0.3 is 0 Å². The Bertz CT molecular complexity index is 3540. The number of hydrogen-bond acceptors (Lipinski definition) is 2. The summed E-state index contributed by atoms with van der Waals surface area (Å²) in [6.07, 6.45) is 0. The summed E-state index contributed by atoms with van der Waals surface area (Å²) in [6, 6.07) is 75.0. The highest BCUT2D eigenvalue weighted by atomic mass is 14.9. The SMILES string of the molecule is CC1(C)c2ccccc2-c2cc(-c3ccc(-c4cc(-c5ccc(-c6c7ccccc7cc7c6ccc6ccccc67)c6ccccc56)nc(-c5ccccc5)n4)cc3)ccc21. The Balaban J connectivity index is 1.00. The van der Waals surface area contributed by atoms with Crippen molar-refractivity contribution < 1.29 is 0 Å². The topological polar surface area (TPSA) is 25.8 Å². The molecule has 0 bridgehead atoms. The quantitative estimate of drug-likeness (QED) is 0.128. The van der Waals surface area contributed by atoms with E-state index in [0.29, 0.717) is 5.82 Å². The summed E-state index contributed by atoms with van der Waals surface area (Å²) in [6.45, 7) is 4.66. The van der Waals surface area contributed by atoms with E-state index in [1.54, 1.807) is 0 Å². The molecule has 0 spiro atoms. The molecular formula is C59H40N2. The van der Waals surface area contributed by atoms with Crippen LogP contribution in [0.25, 0.3) is 110 Å². The van der Waals surface area contributed by atoms with Gasteiger partial charge in [-0.1, -0.05) is 202 Å². The third-order valence-corrected chi connectivity index (χ3v) is 13.1. The minimum Gasteiger partial charge on any atom is -0.228 e. The van der Waals surface area contributed by atoms with Crippen LogP contribution in [0.3, 0.4) is 0 Å². The third-order valence-electron chi connectivity index (χ3n) is 13.1. The van der Waals surface area contributed by atoms with Crippen LogP contribution in [-0.2, 0) is 5.41 Å². The molecule has 0 fully saturated rings. The molecule has 1 aliphatic rings. The van der Waals surface area contributed by atoms with Crippen LogP contribution in [0.4, 0.5) is 0 Å². The summed E-state index contributed by atoms with van der Waals surface area (Å²) in [7, 11) is 0. The van der Waals surface area contributed by atoms with Crippen LogP contribution in [0, 0.1) is 0 Å². The second-order valence-corrected chi connectivity index (χ2v) is 16.9. The lowest BCUT2D eigenvalue weighted by molar-refractivity contribution is 0.660. The average Bonchev–Trinajstić information content (AvgIpc) is 3.55. The smallest absolute Gasteiger partial charge is 0.160 e. The van der Waals surface area contributed by atoms with Crippen molar-refractivity contribution in [3.63, 3.8) is 0 Å². The number of aromatic nitrogens is 2. The van der Waals surface area contributed by atoms with Crippen molar-refractivity contribution in [1.82, 2.24) is 9.97 Å². The molecule has 286 valence electrons. The van der Waals surface area contributed by atoms with Gasteiger partial charge in [0.2, 0.25) is 0 Å². The fourth-order valence-corrected chi connectivity index (χ4v) is 10.0. The van der Waals surface area contributed by atoms with Gasteiger partial charge in [0.1, 0.15) is 0 Å². The Morgan fingerprint density at radius 2 is 0.918 bits per heavy atom. The maximum absolute atomic E-state index is 5.30. The zero-order chi connectivity index (χ0) is 40.7.